The zero-order valence-electron chi connectivity index (χ0n) is 26.8. The Labute approximate surface area is 277 Å². The largest absolute Gasteiger partial charge is 0.458 e. The van der Waals surface area contributed by atoms with Crippen molar-refractivity contribution in [3.63, 3.8) is 0 Å². The average molecular weight is 674 g/mol. The molecule has 3 aliphatic rings. The van der Waals surface area contributed by atoms with Crippen LogP contribution >= 0.6 is 0 Å². The summed E-state index contributed by atoms with van der Waals surface area (Å²) in [5.74, 6) is -0.798. The number of pyridine rings is 2. The van der Waals surface area contributed by atoms with Gasteiger partial charge in [-0.05, 0) is 48.7 Å². The minimum absolute atomic E-state index is 0.0671. The molecule has 7 rings (SSSR count). The Hall–Kier alpha value is -4.46. The number of carbonyl (C=O) groups is 1. The number of aliphatic hydroxyl groups is 1. The molecule has 1 saturated heterocycles. The van der Waals surface area contributed by atoms with Gasteiger partial charge >= 0.3 is 5.97 Å². The van der Waals surface area contributed by atoms with Crippen molar-refractivity contribution >= 4 is 32.7 Å². The van der Waals surface area contributed by atoms with E-state index in [0.717, 1.165) is 27.6 Å². The van der Waals surface area contributed by atoms with Crippen LogP contribution in [0.1, 0.15) is 48.1 Å². The number of hydrogen-bond acceptors (Lipinski definition) is 8. The first-order valence-electron chi connectivity index (χ1n) is 16.1. The zero-order chi connectivity index (χ0) is 33.8. The fraction of sp³-hybridized carbons (Fsp3) is 0.371. The van der Waals surface area contributed by atoms with Crippen LogP contribution in [-0.4, -0.2) is 76.6 Å². The lowest BCUT2D eigenvalue weighted by Crippen LogP contribution is -2.49. The van der Waals surface area contributed by atoms with Gasteiger partial charge in [0.25, 0.3) is 15.6 Å². The predicted molar refractivity (Wildman–Crippen MR) is 178 cm³/mol. The van der Waals surface area contributed by atoms with Gasteiger partial charge in [-0.25, -0.2) is 22.6 Å². The molecular formula is C35H36FN5O6S. The monoisotopic (exact) mass is 673 g/mol. The number of hydrogen-bond donors (Lipinski definition) is 1. The molecule has 2 aromatic carbocycles. The first kappa shape index (κ1) is 32.1. The maximum absolute atomic E-state index is 13.8. The number of benzene rings is 2. The third-order valence-electron chi connectivity index (χ3n) is 9.72. The number of amidine groups is 1. The van der Waals surface area contributed by atoms with E-state index in [9.17, 15) is 27.5 Å². The van der Waals surface area contributed by atoms with Gasteiger partial charge in [0, 0.05) is 55.7 Å². The summed E-state index contributed by atoms with van der Waals surface area (Å²) in [6.07, 6.45) is 0.334. The van der Waals surface area contributed by atoms with Gasteiger partial charge in [-0.3, -0.25) is 9.69 Å². The molecule has 1 atom stereocenters. The highest BCUT2D eigenvalue weighted by Crippen LogP contribution is 2.40. The Balaban J connectivity index is 1.20. The van der Waals surface area contributed by atoms with E-state index in [2.05, 4.69) is 9.30 Å². The second-order valence-electron chi connectivity index (χ2n) is 12.5. The van der Waals surface area contributed by atoms with E-state index in [1.54, 1.807) is 36.6 Å². The van der Waals surface area contributed by atoms with Crippen LogP contribution in [0.4, 0.5) is 4.39 Å². The molecule has 250 valence electrons. The van der Waals surface area contributed by atoms with E-state index in [4.69, 9.17) is 9.72 Å². The molecule has 0 aliphatic carbocycles. The second-order valence-corrected chi connectivity index (χ2v) is 14.4. The van der Waals surface area contributed by atoms with Crippen LogP contribution < -0.4 is 5.56 Å². The number of fused-ring (bicyclic) bond motifs is 5. The van der Waals surface area contributed by atoms with Gasteiger partial charge in [0.1, 0.15) is 18.3 Å². The molecule has 4 aromatic rings. The Morgan fingerprint density at radius 1 is 1.04 bits per heavy atom. The fourth-order valence-electron chi connectivity index (χ4n) is 6.89. The lowest BCUT2D eigenvalue weighted by atomic mass is 9.86. The molecule has 0 saturated carbocycles. The van der Waals surface area contributed by atoms with E-state index < -0.39 is 21.6 Å². The molecule has 3 aliphatic heterocycles. The number of cyclic esters (lactones) is 1. The molecule has 11 nitrogen and oxygen atoms in total. The molecule has 1 fully saturated rings. The average Bonchev–Trinajstić information content (AvgIpc) is 3.46. The van der Waals surface area contributed by atoms with Crippen LogP contribution in [0.15, 0.2) is 63.8 Å². The summed E-state index contributed by atoms with van der Waals surface area (Å²) in [7, 11) is -3.66. The predicted octanol–water partition coefficient (Wildman–Crippen LogP) is 3.33. The Morgan fingerprint density at radius 2 is 1.77 bits per heavy atom. The molecule has 2 aromatic heterocycles. The van der Waals surface area contributed by atoms with Crippen molar-refractivity contribution in [1.29, 1.82) is 0 Å². The Bertz CT molecular complexity index is 2140. The highest BCUT2D eigenvalue weighted by molar-refractivity contribution is 7.90. The summed E-state index contributed by atoms with van der Waals surface area (Å²) < 4.78 is 49.7. The molecule has 5 heterocycles. The SMILES string of the molecule is CC[C@@]1(O)C(=O)OCc2c1cc1n(c2=O)Cc2c-1nc1ccccc1c2CN1CCN(/C(Cc2ccc(F)cc2)=N\S(=O)(=O)CC)CC1. The number of carbonyl (C=O) groups excluding carboxylic acids is 1. The summed E-state index contributed by atoms with van der Waals surface area (Å²) >= 11 is 0. The van der Waals surface area contributed by atoms with Crippen LogP contribution in [0.5, 0.6) is 0 Å². The molecule has 0 spiro atoms. The minimum Gasteiger partial charge on any atom is -0.458 e. The van der Waals surface area contributed by atoms with Crippen molar-refractivity contribution in [3.05, 3.63) is 98.6 Å². The number of para-hydroxylation sites is 1. The maximum atomic E-state index is 13.8. The van der Waals surface area contributed by atoms with Crippen molar-refractivity contribution in [3.8, 4) is 11.4 Å². The van der Waals surface area contributed by atoms with Gasteiger partial charge in [0.05, 0.1) is 34.8 Å². The van der Waals surface area contributed by atoms with Gasteiger partial charge in [-0.2, -0.15) is 4.40 Å². The highest BCUT2D eigenvalue weighted by Gasteiger charge is 2.45. The normalized spacial score (nSPS) is 19.6. The molecule has 0 amide bonds. The summed E-state index contributed by atoms with van der Waals surface area (Å²) in [4.78, 5) is 35.7. The molecule has 48 heavy (non-hydrogen) atoms. The van der Waals surface area contributed by atoms with Gasteiger partial charge in [0.2, 0.25) is 0 Å². The minimum atomic E-state index is -3.66. The first-order chi connectivity index (χ1) is 23.0. The number of aromatic nitrogens is 2. The second kappa shape index (κ2) is 12.2. The van der Waals surface area contributed by atoms with Crippen LogP contribution in [0, 0.1) is 5.82 Å². The molecular weight excluding hydrogens is 637 g/mol. The molecule has 13 heteroatoms. The topological polar surface area (TPSA) is 134 Å². The third-order valence-corrected chi connectivity index (χ3v) is 10.9. The van der Waals surface area contributed by atoms with Crippen molar-refractivity contribution in [2.75, 3.05) is 31.9 Å². The summed E-state index contributed by atoms with van der Waals surface area (Å²) in [6.45, 7) is 6.26. The van der Waals surface area contributed by atoms with Crippen molar-refractivity contribution in [2.24, 2.45) is 4.40 Å². The van der Waals surface area contributed by atoms with E-state index in [0.29, 0.717) is 56.5 Å². The summed E-state index contributed by atoms with van der Waals surface area (Å²) in [5, 5.41) is 12.2. The molecule has 0 bridgehead atoms. The standard InChI is InChI=1S/C35H36FN5O6S/c1-3-35(44)28-18-30-32-26(20-41(30)33(42)27(28)21-47-34(35)43)25(24-7-5-6-8-29(24)37-32)19-39-13-15-40(16-14-39)31(38-48(45,46)4-2)17-22-9-11-23(36)12-10-22/h5-12,18,44H,3-4,13-17,19-21H2,1-2H3/b38-31-/t35-/m0/s1. The highest BCUT2D eigenvalue weighted by atomic mass is 32.2. The summed E-state index contributed by atoms with van der Waals surface area (Å²) in [6, 6.07) is 15.6. The van der Waals surface area contributed by atoms with Crippen LogP contribution in [-0.2, 0) is 51.3 Å². The Morgan fingerprint density at radius 3 is 2.48 bits per heavy atom. The number of halogens is 1. The van der Waals surface area contributed by atoms with Crippen molar-refractivity contribution in [2.45, 2.75) is 52.0 Å². The Kier molecular flexibility index (Phi) is 8.17. The van der Waals surface area contributed by atoms with E-state index in [1.165, 1.54) is 12.1 Å². The number of esters is 1. The molecule has 0 unspecified atom stereocenters. The zero-order valence-corrected chi connectivity index (χ0v) is 27.6. The smallest absolute Gasteiger partial charge is 0.343 e. The number of rotatable bonds is 7. The summed E-state index contributed by atoms with van der Waals surface area (Å²) in [5.41, 5.74) is 3.05. The van der Waals surface area contributed by atoms with E-state index >= 15 is 0 Å². The lowest BCUT2D eigenvalue weighted by Gasteiger charge is -2.37. The quantitative estimate of drug-likeness (QED) is 0.157. The van der Waals surface area contributed by atoms with E-state index in [1.807, 2.05) is 29.2 Å². The van der Waals surface area contributed by atoms with Gasteiger partial charge in [-0.15, -0.1) is 0 Å². The van der Waals surface area contributed by atoms with Crippen LogP contribution in [0.2, 0.25) is 0 Å². The maximum Gasteiger partial charge on any atom is 0.343 e. The van der Waals surface area contributed by atoms with Crippen molar-refractivity contribution in [1.82, 2.24) is 19.4 Å². The number of piperazine rings is 1. The fourth-order valence-corrected chi connectivity index (χ4v) is 7.52. The van der Waals surface area contributed by atoms with Crippen molar-refractivity contribution < 1.29 is 27.4 Å². The number of ether oxygens (including phenoxy) is 1. The van der Waals surface area contributed by atoms with Gasteiger partial charge in [-0.1, -0.05) is 37.3 Å². The molecule has 1 N–H and O–H groups in total. The van der Waals surface area contributed by atoms with Gasteiger partial charge in [0.15, 0.2) is 5.60 Å². The first-order valence-corrected chi connectivity index (χ1v) is 17.7. The number of sulfonamides is 1. The number of nitrogens with zero attached hydrogens (tertiary/aromatic N) is 5. The lowest BCUT2D eigenvalue weighted by molar-refractivity contribution is -0.172. The van der Waals surface area contributed by atoms with Crippen LogP contribution in [0.3, 0.4) is 0 Å². The van der Waals surface area contributed by atoms with Crippen LogP contribution in [0.25, 0.3) is 22.3 Å². The van der Waals surface area contributed by atoms with Gasteiger partial charge < -0.3 is 19.3 Å². The third kappa shape index (κ3) is 5.59. The molecule has 0 radical (unpaired) electrons. The van der Waals surface area contributed by atoms with E-state index in [-0.39, 0.29) is 47.7 Å².